The zero-order chi connectivity index (χ0) is 17.8. The highest BCUT2D eigenvalue weighted by Crippen LogP contribution is 2.30. The van der Waals surface area contributed by atoms with Gasteiger partial charge in [0.25, 0.3) is 0 Å². The van der Waals surface area contributed by atoms with Gasteiger partial charge in [-0.1, -0.05) is 30.3 Å². The molecule has 1 atom stereocenters. The molecule has 0 fully saturated rings. The van der Waals surface area contributed by atoms with Crippen LogP contribution in [0.15, 0.2) is 41.8 Å². The van der Waals surface area contributed by atoms with Crippen molar-refractivity contribution in [1.82, 2.24) is 9.55 Å². The minimum atomic E-state index is 0.245. The lowest BCUT2D eigenvalue weighted by Gasteiger charge is -2.11. The molecule has 0 bridgehead atoms. The Morgan fingerprint density at radius 3 is 2.72 bits per heavy atom. The molecule has 0 radical (unpaired) electrons. The number of nitrogens with zero attached hydrogens (tertiary/aromatic N) is 2. The van der Waals surface area contributed by atoms with E-state index >= 15 is 0 Å². The van der Waals surface area contributed by atoms with Crippen molar-refractivity contribution in [2.45, 2.75) is 33.4 Å². The van der Waals surface area contributed by atoms with E-state index in [1.165, 1.54) is 22.5 Å². The molecule has 0 unspecified atom stereocenters. The molecule has 0 aliphatic carbocycles. The van der Waals surface area contributed by atoms with Gasteiger partial charge in [-0.25, -0.2) is 4.98 Å². The van der Waals surface area contributed by atoms with Crippen LogP contribution in [-0.4, -0.2) is 29.3 Å². The molecule has 3 rings (SSSR count). The summed E-state index contributed by atoms with van der Waals surface area (Å²) in [5, 5.41) is 6.45. The number of aryl methyl sites for hydroxylation is 1. The van der Waals surface area contributed by atoms with Crippen molar-refractivity contribution in [3.63, 3.8) is 0 Å². The molecule has 5 heteroatoms. The third kappa shape index (κ3) is 4.11. The van der Waals surface area contributed by atoms with Crippen LogP contribution in [0.4, 0.5) is 5.13 Å². The molecule has 0 amide bonds. The van der Waals surface area contributed by atoms with Crippen LogP contribution < -0.4 is 5.32 Å². The Kier molecular flexibility index (Phi) is 5.56. The van der Waals surface area contributed by atoms with Crippen LogP contribution >= 0.6 is 11.3 Å². The largest absolute Gasteiger partial charge is 0.383 e. The van der Waals surface area contributed by atoms with E-state index in [0.717, 1.165) is 17.4 Å². The summed E-state index contributed by atoms with van der Waals surface area (Å²) < 4.78 is 7.52. The Hall–Kier alpha value is -2.11. The van der Waals surface area contributed by atoms with E-state index in [0.29, 0.717) is 6.61 Å². The quantitative estimate of drug-likeness (QED) is 0.666. The lowest BCUT2D eigenvalue weighted by Crippen LogP contribution is -2.20. The zero-order valence-corrected chi connectivity index (χ0v) is 16.1. The van der Waals surface area contributed by atoms with Gasteiger partial charge < -0.3 is 14.6 Å². The van der Waals surface area contributed by atoms with Crippen LogP contribution in [0, 0.1) is 13.8 Å². The van der Waals surface area contributed by atoms with E-state index in [-0.39, 0.29) is 6.04 Å². The number of anilines is 1. The fourth-order valence-electron chi connectivity index (χ4n) is 3.04. The molecule has 25 heavy (non-hydrogen) atoms. The predicted octanol–water partition coefficient (Wildman–Crippen LogP) is 4.72. The summed E-state index contributed by atoms with van der Waals surface area (Å²) in [6.45, 7) is 7.98. The van der Waals surface area contributed by atoms with Gasteiger partial charge in [0, 0.05) is 42.0 Å². The smallest absolute Gasteiger partial charge is 0.183 e. The molecule has 0 aliphatic heterocycles. The summed E-state index contributed by atoms with van der Waals surface area (Å²) >= 11 is 1.64. The lowest BCUT2D eigenvalue weighted by atomic mass is 10.2. The van der Waals surface area contributed by atoms with Crippen molar-refractivity contribution < 1.29 is 4.74 Å². The second-order valence-corrected chi connectivity index (χ2v) is 7.25. The van der Waals surface area contributed by atoms with Crippen molar-refractivity contribution in [1.29, 1.82) is 0 Å². The number of methoxy groups -OCH3 is 1. The minimum Gasteiger partial charge on any atom is -0.383 e. The van der Waals surface area contributed by atoms with Gasteiger partial charge >= 0.3 is 0 Å². The highest BCUT2D eigenvalue weighted by Gasteiger charge is 2.14. The average molecular weight is 356 g/mol. The molecule has 1 N–H and O–H groups in total. The third-order valence-electron chi connectivity index (χ3n) is 4.32. The number of thiazole rings is 1. The van der Waals surface area contributed by atoms with Gasteiger partial charge in [-0.05, 0) is 32.4 Å². The molecule has 0 saturated carbocycles. The van der Waals surface area contributed by atoms with E-state index in [9.17, 15) is 0 Å². The van der Waals surface area contributed by atoms with Gasteiger partial charge in [-0.15, -0.1) is 11.3 Å². The van der Waals surface area contributed by atoms with Crippen LogP contribution in [0.5, 0.6) is 0 Å². The minimum absolute atomic E-state index is 0.245. The number of nitrogens with one attached hydrogen (secondary N) is 1. The van der Waals surface area contributed by atoms with Gasteiger partial charge in [0.1, 0.15) is 0 Å². The van der Waals surface area contributed by atoms with Crippen LogP contribution in [-0.2, 0) is 11.3 Å². The van der Waals surface area contributed by atoms with Crippen molar-refractivity contribution in [3.05, 3.63) is 58.7 Å². The number of rotatable bonds is 7. The molecule has 0 aliphatic rings. The third-order valence-corrected chi connectivity index (χ3v) is 5.10. The number of hydrogen-bond donors (Lipinski definition) is 1. The summed E-state index contributed by atoms with van der Waals surface area (Å²) in [6.07, 6.45) is 0. The van der Waals surface area contributed by atoms with Crippen molar-refractivity contribution in [3.8, 4) is 11.3 Å². The predicted molar refractivity (Wildman–Crippen MR) is 106 cm³/mol. The summed E-state index contributed by atoms with van der Waals surface area (Å²) in [7, 11) is 1.72. The molecular weight excluding hydrogens is 330 g/mol. The summed E-state index contributed by atoms with van der Waals surface area (Å²) in [5.74, 6) is 0. The summed E-state index contributed by atoms with van der Waals surface area (Å²) in [4.78, 5) is 4.76. The molecule has 4 nitrogen and oxygen atoms in total. The second-order valence-electron chi connectivity index (χ2n) is 6.40. The molecule has 2 heterocycles. The maximum atomic E-state index is 5.17. The number of aromatic nitrogens is 2. The van der Waals surface area contributed by atoms with Gasteiger partial charge in [0.15, 0.2) is 5.13 Å². The van der Waals surface area contributed by atoms with Crippen molar-refractivity contribution >= 4 is 16.5 Å². The standard InChI is InChI=1S/C20H25N3OS/c1-14(12-24-4)21-20-22-19(13-25-20)18-10-15(2)23(16(18)3)11-17-8-6-5-7-9-17/h5-10,13-14H,11-12H2,1-4H3,(H,21,22)/t14-/m0/s1. The van der Waals surface area contributed by atoms with Crippen molar-refractivity contribution in [2.75, 3.05) is 19.0 Å². The molecular formula is C20H25N3OS. The van der Waals surface area contributed by atoms with Crippen LogP contribution in [0.1, 0.15) is 23.9 Å². The summed E-state index contributed by atoms with van der Waals surface area (Å²) in [5.41, 5.74) is 6.06. The van der Waals surface area contributed by atoms with Gasteiger partial charge in [0.05, 0.1) is 12.3 Å². The number of benzene rings is 1. The normalized spacial score (nSPS) is 12.3. The first-order valence-corrected chi connectivity index (χ1v) is 9.38. The summed E-state index contributed by atoms with van der Waals surface area (Å²) in [6, 6.07) is 13.0. The van der Waals surface area contributed by atoms with Crippen LogP contribution in [0.3, 0.4) is 0 Å². The monoisotopic (exact) mass is 355 g/mol. The maximum Gasteiger partial charge on any atom is 0.183 e. The lowest BCUT2D eigenvalue weighted by molar-refractivity contribution is 0.190. The first kappa shape index (κ1) is 17.7. The van der Waals surface area contributed by atoms with E-state index in [4.69, 9.17) is 9.72 Å². The Labute approximate surface area is 153 Å². The highest BCUT2D eigenvalue weighted by atomic mass is 32.1. The molecule has 0 spiro atoms. The van der Waals surface area contributed by atoms with Gasteiger partial charge in [0.2, 0.25) is 0 Å². The average Bonchev–Trinajstić information content (AvgIpc) is 3.15. The Balaban J connectivity index is 1.82. The first-order chi connectivity index (χ1) is 12.1. The fraction of sp³-hybridized carbons (Fsp3) is 0.350. The molecule has 2 aromatic heterocycles. The van der Waals surface area contributed by atoms with E-state index < -0.39 is 0 Å². The van der Waals surface area contributed by atoms with Gasteiger partial charge in [-0.2, -0.15) is 0 Å². The number of ether oxygens (including phenoxy) is 1. The molecule has 0 saturated heterocycles. The Bertz CT molecular complexity index is 823. The topological polar surface area (TPSA) is 39.1 Å². The SMILES string of the molecule is COC[C@H](C)Nc1nc(-c2cc(C)n(Cc3ccccc3)c2C)cs1. The van der Waals surface area contributed by atoms with Crippen LogP contribution in [0.2, 0.25) is 0 Å². The molecule has 132 valence electrons. The maximum absolute atomic E-state index is 5.17. The van der Waals surface area contributed by atoms with Crippen LogP contribution in [0.25, 0.3) is 11.3 Å². The van der Waals surface area contributed by atoms with E-state index in [1.54, 1.807) is 18.4 Å². The zero-order valence-electron chi connectivity index (χ0n) is 15.2. The molecule has 3 aromatic rings. The van der Waals surface area contributed by atoms with E-state index in [1.807, 2.05) is 0 Å². The Morgan fingerprint density at radius 2 is 2.00 bits per heavy atom. The Morgan fingerprint density at radius 1 is 1.24 bits per heavy atom. The highest BCUT2D eigenvalue weighted by molar-refractivity contribution is 7.14. The number of hydrogen-bond acceptors (Lipinski definition) is 4. The van der Waals surface area contributed by atoms with Gasteiger partial charge in [-0.3, -0.25) is 0 Å². The fourth-order valence-corrected chi connectivity index (χ4v) is 3.86. The second kappa shape index (κ2) is 7.85. The first-order valence-electron chi connectivity index (χ1n) is 8.50. The van der Waals surface area contributed by atoms with E-state index in [2.05, 4.69) is 72.4 Å². The molecule has 1 aromatic carbocycles. The van der Waals surface area contributed by atoms with Crippen molar-refractivity contribution in [2.24, 2.45) is 0 Å².